The van der Waals surface area contributed by atoms with Crippen molar-refractivity contribution in [1.29, 1.82) is 0 Å². The van der Waals surface area contributed by atoms with Gasteiger partial charge in [0.05, 0.1) is 6.54 Å². The molecule has 1 aromatic rings. The number of rotatable bonds is 6. The van der Waals surface area contributed by atoms with Crippen molar-refractivity contribution in [2.75, 3.05) is 20.1 Å². The quantitative estimate of drug-likeness (QED) is 0.665. The van der Waals surface area contributed by atoms with Gasteiger partial charge in [0.25, 0.3) is 0 Å². The lowest BCUT2D eigenvalue weighted by Crippen LogP contribution is -2.26. The van der Waals surface area contributed by atoms with Gasteiger partial charge in [-0.05, 0) is 20.0 Å². The van der Waals surface area contributed by atoms with Crippen molar-refractivity contribution in [2.45, 2.75) is 19.8 Å². The summed E-state index contributed by atoms with van der Waals surface area (Å²) in [5.41, 5.74) is 0.806. The third kappa shape index (κ3) is 4.26. The van der Waals surface area contributed by atoms with E-state index in [0.717, 1.165) is 18.5 Å². The molecular weight excluding hydrogens is 186 g/mol. The summed E-state index contributed by atoms with van der Waals surface area (Å²) >= 11 is 0. The molecule has 0 saturated carbocycles. The van der Waals surface area contributed by atoms with Crippen molar-refractivity contribution in [2.24, 2.45) is 0 Å². The Morgan fingerprint density at radius 3 is 2.53 bits per heavy atom. The van der Waals surface area contributed by atoms with Crippen LogP contribution in [-0.2, 0) is 0 Å². The predicted molar refractivity (Wildman–Crippen MR) is 63.2 cm³/mol. The lowest BCUT2D eigenvalue weighted by molar-refractivity contribution is 0.0945. The van der Waals surface area contributed by atoms with Crippen LogP contribution in [0.3, 0.4) is 0 Å². The number of Topliss-reactive ketones (excluding diaryl/α,β-unsaturated/α-hetero) is 1. The van der Waals surface area contributed by atoms with Gasteiger partial charge in [0.15, 0.2) is 5.78 Å². The molecule has 0 aliphatic carbocycles. The molecule has 0 heterocycles. The second-order valence-electron chi connectivity index (χ2n) is 3.88. The van der Waals surface area contributed by atoms with Crippen LogP contribution in [0.1, 0.15) is 30.1 Å². The number of ketones is 1. The average Bonchev–Trinajstić information content (AvgIpc) is 2.27. The van der Waals surface area contributed by atoms with Gasteiger partial charge in [-0.3, -0.25) is 9.69 Å². The van der Waals surface area contributed by atoms with E-state index in [1.807, 2.05) is 37.4 Å². The second kappa shape index (κ2) is 6.36. The highest BCUT2D eigenvalue weighted by molar-refractivity contribution is 5.97. The molecule has 0 radical (unpaired) electrons. The summed E-state index contributed by atoms with van der Waals surface area (Å²) in [6.45, 7) is 3.67. The van der Waals surface area contributed by atoms with E-state index in [4.69, 9.17) is 0 Å². The summed E-state index contributed by atoms with van der Waals surface area (Å²) in [5.74, 6) is 0.203. The van der Waals surface area contributed by atoms with E-state index in [0.29, 0.717) is 6.54 Å². The molecule has 0 unspecified atom stereocenters. The maximum Gasteiger partial charge on any atom is 0.176 e. The fourth-order valence-corrected chi connectivity index (χ4v) is 1.47. The van der Waals surface area contributed by atoms with Crippen LogP contribution in [0.5, 0.6) is 0 Å². The summed E-state index contributed by atoms with van der Waals surface area (Å²) in [7, 11) is 2.00. The maximum atomic E-state index is 11.8. The van der Waals surface area contributed by atoms with E-state index < -0.39 is 0 Å². The first-order valence-electron chi connectivity index (χ1n) is 5.51. The number of carbonyl (C=O) groups excluding carboxylic acids is 1. The maximum absolute atomic E-state index is 11.8. The summed E-state index contributed by atoms with van der Waals surface area (Å²) in [6.07, 6.45) is 2.32. The highest BCUT2D eigenvalue weighted by Gasteiger charge is 2.07. The van der Waals surface area contributed by atoms with Crippen LogP contribution in [0.15, 0.2) is 30.3 Å². The molecule has 15 heavy (non-hydrogen) atoms. The Bertz CT molecular complexity index is 295. The van der Waals surface area contributed by atoms with Crippen LogP contribution < -0.4 is 0 Å². The number of likely N-dealkylation sites (N-methyl/N-ethyl adjacent to an activating group) is 1. The smallest absolute Gasteiger partial charge is 0.176 e. The lowest BCUT2D eigenvalue weighted by atomic mass is 10.1. The Balaban J connectivity index is 2.42. The molecule has 0 N–H and O–H groups in total. The molecule has 0 atom stereocenters. The molecule has 0 aromatic heterocycles. The van der Waals surface area contributed by atoms with Crippen LogP contribution in [-0.4, -0.2) is 30.8 Å². The number of hydrogen-bond acceptors (Lipinski definition) is 2. The molecule has 0 aliphatic heterocycles. The van der Waals surface area contributed by atoms with Crippen molar-refractivity contribution in [3.63, 3.8) is 0 Å². The van der Waals surface area contributed by atoms with Gasteiger partial charge in [-0.2, -0.15) is 0 Å². The number of benzene rings is 1. The van der Waals surface area contributed by atoms with Gasteiger partial charge in [0.1, 0.15) is 0 Å². The van der Waals surface area contributed by atoms with Gasteiger partial charge in [-0.25, -0.2) is 0 Å². The average molecular weight is 205 g/mol. The van der Waals surface area contributed by atoms with E-state index >= 15 is 0 Å². The SMILES string of the molecule is CCCCN(C)CC(=O)c1ccccc1. The molecule has 0 spiro atoms. The molecule has 0 saturated heterocycles. The van der Waals surface area contributed by atoms with E-state index in [9.17, 15) is 4.79 Å². The first-order valence-corrected chi connectivity index (χ1v) is 5.51. The molecule has 2 nitrogen and oxygen atoms in total. The van der Waals surface area contributed by atoms with Crippen LogP contribution in [0.4, 0.5) is 0 Å². The predicted octanol–water partition coefficient (Wildman–Crippen LogP) is 2.60. The fourth-order valence-electron chi connectivity index (χ4n) is 1.47. The number of carbonyl (C=O) groups is 1. The molecule has 0 bridgehead atoms. The van der Waals surface area contributed by atoms with Gasteiger partial charge in [0, 0.05) is 5.56 Å². The van der Waals surface area contributed by atoms with Gasteiger partial charge >= 0.3 is 0 Å². The second-order valence-corrected chi connectivity index (χ2v) is 3.88. The Hall–Kier alpha value is -1.15. The topological polar surface area (TPSA) is 20.3 Å². The standard InChI is InChI=1S/C13H19NO/c1-3-4-10-14(2)11-13(15)12-8-6-5-7-9-12/h5-9H,3-4,10-11H2,1-2H3. The molecular formula is C13H19NO. The summed E-state index contributed by atoms with van der Waals surface area (Å²) < 4.78 is 0. The third-order valence-corrected chi connectivity index (χ3v) is 2.40. The van der Waals surface area contributed by atoms with Crippen LogP contribution in [0.2, 0.25) is 0 Å². The molecule has 0 fully saturated rings. The molecule has 82 valence electrons. The Kier molecular flexibility index (Phi) is 5.05. The van der Waals surface area contributed by atoms with Gasteiger partial charge in [-0.1, -0.05) is 43.7 Å². The molecule has 0 aliphatic rings. The first kappa shape index (κ1) is 11.9. The van der Waals surface area contributed by atoms with E-state index in [1.165, 1.54) is 6.42 Å². The highest BCUT2D eigenvalue weighted by atomic mass is 16.1. The highest BCUT2D eigenvalue weighted by Crippen LogP contribution is 2.01. The van der Waals surface area contributed by atoms with Gasteiger partial charge < -0.3 is 0 Å². The monoisotopic (exact) mass is 205 g/mol. The zero-order valence-corrected chi connectivity index (χ0v) is 9.57. The minimum Gasteiger partial charge on any atom is -0.299 e. The van der Waals surface area contributed by atoms with Crippen molar-refractivity contribution < 1.29 is 4.79 Å². The largest absolute Gasteiger partial charge is 0.299 e. The lowest BCUT2D eigenvalue weighted by Gasteiger charge is -2.14. The first-order chi connectivity index (χ1) is 7.24. The Morgan fingerprint density at radius 1 is 1.27 bits per heavy atom. The Labute approximate surface area is 91.9 Å². The minimum atomic E-state index is 0.203. The zero-order chi connectivity index (χ0) is 11.1. The van der Waals surface area contributed by atoms with E-state index in [2.05, 4.69) is 11.8 Å². The minimum absolute atomic E-state index is 0.203. The van der Waals surface area contributed by atoms with E-state index in [-0.39, 0.29) is 5.78 Å². The van der Waals surface area contributed by atoms with E-state index in [1.54, 1.807) is 0 Å². The van der Waals surface area contributed by atoms with Gasteiger partial charge in [0.2, 0.25) is 0 Å². The summed E-state index contributed by atoms with van der Waals surface area (Å²) in [4.78, 5) is 13.9. The van der Waals surface area contributed by atoms with Crippen LogP contribution >= 0.6 is 0 Å². The number of nitrogens with zero attached hydrogens (tertiary/aromatic N) is 1. The van der Waals surface area contributed by atoms with Crippen molar-refractivity contribution in [3.05, 3.63) is 35.9 Å². The Morgan fingerprint density at radius 2 is 1.93 bits per heavy atom. The number of unbranched alkanes of at least 4 members (excludes halogenated alkanes) is 1. The van der Waals surface area contributed by atoms with Crippen LogP contribution in [0.25, 0.3) is 0 Å². The molecule has 1 rings (SSSR count). The van der Waals surface area contributed by atoms with Crippen LogP contribution in [0, 0.1) is 0 Å². The summed E-state index contributed by atoms with van der Waals surface area (Å²) in [6, 6.07) is 9.47. The normalized spacial score (nSPS) is 10.6. The fraction of sp³-hybridized carbons (Fsp3) is 0.462. The van der Waals surface area contributed by atoms with Crippen molar-refractivity contribution >= 4 is 5.78 Å². The zero-order valence-electron chi connectivity index (χ0n) is 9.57. The molecule has 2 heteroatoms. The third-order valence-electron chi connectivity index (χ3n) is 2.40. The summed E-state index contributed by atoms with van der Waals surface area (Å²) in [5, 5.41) is 0. The van der Waals surface area contributed by atoms with Crippen molar-refractivity contribution in [1.82, 2.24) is 4.90 Å². The number of hydrogen-bond donors (Lipinski definition) is 0. The van der Waals surface area contributed by atoms with Crippen molar-refractivity contribution in [3.8, 4) is 0 Å². The molecule has 1 aromatic carbocycles. The van der Waals surface area contributed by atoms with Gasteiger partial charge in [-0.15, -0.1) is 0 Å². The molecule has 0 amide bonds.